The summed E-state index contributed by atoms with van der Waals surface area (Å²) in [5.41, 5.74) is 0. The van der Waals surface area contributed by atoms with E-state index in [-0.39, 0.29) is 30.9 Å². The van der Waals surface area contributed by atoms with Gasteiger partial charge in [-0.25, -0.2) is 0 Å². The van der Waals surface area contributed by atoms with Gasteiger partial charge in [0.15, 0.2) is 0 Å². The van der Waals surface area contributed by atoms with Gasteiger partial charge in [0.25, 0.3) is 0 Å². The second-order valence-corrected chi connectivity index (χ2v) is 3.18. The van der Waals surface area contributed by atoms with E-state index in [1.807, 2.05) is 0 Å². The molecule has 0 aromatic rings. The molecule has 1 heterocycles. The van der Waals surface area contributed by atoms with Gasteiger partial charge in [0, 0.05) is 6.54 Å². The number of nitrogens with one attached hydrogen (secondary N) is 1. The Labute approximate surface area is 82.8 Å². The molecule has 1 saturated heterocycles. The van der Waals surface area contributed by atoms with Gasteiger partial charge in [0.2, 0.25) is 0 Å². The zero-order valence-electron chi connectivity index (χ0n) is 8.25. The molecule has 0 radical (unpaired) electrons. The highest BCUT2D eigenvalue weighted by Gasteiger charge is 2.23. The highest BCUT2D eigenvalue weighted by atomic mass is 16.5. The molecular weight excluding hydrogens is 186 g/mol. The van der Waals surface area contributed by atoms with Gasteiger partial charge in [-0.1, -0.05) is 0 Å². The molecule has 1 aliphatic heterocycles. The van der Waals surface area contributed by atoms with Crippen molar-refractivity contribution in [2.75, 3.05) is 26.8 Å². The molecular formula is C9H15NO4. The van der Waals surface area contributed by atoms with Gasteiger partial charge in [-0.2, -0.15) is 0 Å². The van der Waals surface area contributed by atoms with Crippen molar-refractivity contribution in [3.63, 3.8) is 0 Å². The molecule has 1 atom stereocenters. The molecule has 1 N–H and O–H groups in total. The maximum Gasteiger partial charge on any atom is 0.310 e. The number of methoxy groups -OCH3 is 1. The van der Waals surface area contributed by atoms with E-state index in [4.69, 9.17) is 4.74 Å². The third-order valence-electron chi connectivity index (χ3n) is 2.17. The summed E-state index contributed by atoms with van der Waals surface area (Å²) in [7, 11) is 1.31. The predicted octanol–water partition coefficient (Wildman–Crippen LogP) is -0.298. The minimum absolute atomic E-state index is 0.0485. The van der Waals surface area contributed by atoms with Crippen LogP contribution in [-0.4, -0.2) is 38.7 Å². The molecule has 14 heavy (non-hydrogen) atoms. The summed E-state index contributed by atoms with van der Waals surface area (Å²) in [6.45, 7) is 1.65. The van der Waals surface area contributed by atoms with Crippen molar-refractivity contribution in [2.45, 2.75) is 12.8 Å². The number of ether oxygens (including phenoxy) is 2. The van der Waals surface area contributed by atoms with Crippen LogP contribution in [-0.2, 0) is 19.1 Å². The monoisotopic (exact) mass is 201 g/mol. The van der Waals surface area contributed by atoms with Crippen molar-refractivity contribution in [2.24, 2.45) is 5.92 Å². The molecule has 0 aromatic carbocycles. The van der Waals surface area contributed by atoms with Crippen molar-refractivity contribution in [1.29, 1.82) is 0 Å². The Bertz CT molecular complexity index is 211. The molecule has 0 aromatic heterocycles. The summed E-state index contributed by atoms with van der Waals surface area (Å²) in [6, 6.07) is 0. The molecule has 1 unspecified atom stereocenters. The average molecular weight is 201 g/mol. The molecule has 80 valence electrons. The molecule has 1 fully saturated rings. The Morgan fingerprint density at radius 2 is 2.29 bits per heavy atom. The lowest BCUT2D eigenvalue weighted by atomic mass is 10.1. The van der Waals surface area contributed by atoms with E-state index in [1.165, 1.54) is 7.11 Å². The van der Waals surface area contributed by atoms with E-state index < -0.39 is 0 Å². The third-order valence-corrected chi connectivity index (χ3v) is 2.17. The fourth-order valence-corrected chi connectivity index (χ4v) is 1.31. The van der Waals surface area contributed by atoms with Crippen molar-refractivity contribution < 1.29 is 19.1 Å². The molecule has 1 rings (SSSR count). The van der Waals surface area contributed by atoms with Crippen LogP contribution in [0.15, 0.2) is 0 Å². The Hall–Kier alpha value is -1.10. The van der Waals surface area contributed by atoms with E-state index >= 15 is 0 Å². The third kappa shape index (κ3) is 3.33. The first kappa shape index (κ1) is 11.0. The van der Waals surface area contributed by atoms with E-state index in [0.29, 0.717) is 6.54 Å². The minimum Gasteiger partial charge on any atom is -0.469 e. The van der Waals surface area contributed by atoms with Crippen LogP contribution in [0.25, 0.3) is 0 Å². The number of esters is 2. The van der Waals surface area contributed by atoms with Crippen molar-refractivity contribution in [3.8, 4) is 0 Å². The molecule has 0 bridgehead atoms. The molecule has 1 aliphatic rings. The van der Waals surface area contributed by atoms with Gasteiger partial charge >= 0.3 is 11.9 Å². The van der Waals surface area contributed by atoms with Crippen LogP contribution in [0.5, 0.6) is 0 Å². The van der Waals surface area contributed by atoms with E-state index in [2.05, 4.69) is 10.1 Å². The fraction of sp³-hybridized carbons (Fsp3) is 0.778. The zero-order chi connectivity index (χ0) is 10.4. The first-order valence-electron chi connectivity index (χ1n) is 4.68. The number of carbonyl (C=O) groups is 2. The van der Waals surface area contributed by atoms with Crippen LogP contribution in [0.2, 0.25) is 0 Å². The van der Waals surface area contributed by atoms with Gasteiger partial charge in [-0.05, 0) is 13.0 Å². The fourth-order valence-electron chi connectivity index (χ4n) is 1.31. The van der Waals surface area contributed by atoms with Crippen LogP contribution >= 0.6 is 0 Å². The van der Waals surface area contributed by atoms with Gasteiger partial charge in [0.05, 0.1) is 19.4 Å². The van der Waals surface area contributed by atoms with Gasteiger partial charge in [-0.3, -0.25) is 9.59 Å². The van der Waals surface area contributed by atoms with Crippen LogP contribution in [0.1, 0.15) is 12.8 Å². The Kier molecular flexibility index (Phi) is 4.39. The zero-order valence-corrected chi connectivity index (χ0v) is 8.25. The van der Waals surface area contributed by atoms with Gasteiger partial charge < -0.3 is 14.8 Å². The van der Waals surface area contributed by atoms with Crippen LogP contribution in [0, 0.1) is 5.92 Å². The van der Waals surface area contributed by atoms with Crippen molar-refractivity contribution in [1.82, 2.24) is 5.32 Å². The maximum absolute atomic E-state index is 11.3. The first-order chi connectivity index (χ1) is 6.74. The number of carbonyl (C=O) groups excluding carboxylic acids is 2. The highest BCUT2D eigenvalue weighted by molar-refractivity contribution is 5.74. The Morgan fingerprint density at radius 1 is 1.50 bits per heavy atom. The summed E-state index contributed by atoms with van der Waals surface area (Å²) in [5, 5.41) is 3.07. The lowest BCUT2D eigenvalue weighted by Crippen LogP contribution is -2.21. The van der Waals surface area contributed by atoms with Crippen LogP contribution in [0.3, 0.4) is 0 Å². The standard InChI is InChI=1S/C9H15NO4/c1-13-8(11)3-5-14-9(12)7-2-4-10-6-7/h7,10H,2-6H2,1H3. The topological polar surface area (TPSA) is 64.6 Å². The lowest BCUT2D eigenvalue weighted by Gasteiger charge is -2.07. The number of hydrogen-bond donors (Lipinski definition) is 1. The summed E-state index contributed by atoms with van der Waals surface area (Å²) < 4.78 is 9.33. The largest absolute Gasteiger partial charge is 0.469 e. The summed E-state index contributed by atoms with van der Waals surface area (Å²) in [4.78, 5) is 22.0. The Morgan fingerprint density at radius 3 is 2.86 bits per heavy atom. The van der Waals surface area contributed by atoms with E-state index in [1.54, 1.807) is 0 Å². The summed E-state index contributed by atoms with van der Waals surface area (Å²) in [5.74, 6) is -0.631. The predicted molar refractivity (Wildman–Crippen MR) is 48.6 cm³/mol. The highest BCUT2D eigenvalue weighted by Crippen LogP contribution is 2.09. The molecule has 0 saturated carbocycles. The molecule has 0 amide bonds. The van der Waals surface area contributed by atoms with E-state index in [0.717, 1.165) is 13.0 Å². The molecule has 5 nitrogen and oxygen atoms in total. The number of hydrogen-bond acceptors (Lipinski definition) is 5. The molecule has 5 heteroatoms. The van der Waals surface area contributed by atoms with Crippen LogP contribution in [0.4, 0.5) is 0 Å². The normalized spacial score (nSPS) is 20.5. The van der Waals surface area contributed by atoms with Crippen molar-refractivity contribution in [3.05, 3.63) is 0 Å². The van der Waals surface area contributed by atoms with Crippen LogP contribution < -0.4 is 5.32 Å². The second-order valence-electron chi connectivity index (χ2n) is 3.18. The average Bonchev–Trinajstić information content (AvgIpc) is 2.70. The second kappa shape index (κ2) is 5.59. The maximum atomic E-state index is 11.3. The lowest BCUT2D eigenvalue weighted by molar-refractivity contribution is -0.150. The minimum atomic E-state index is -0.359. The quantitative estimate of drug-likeness (QED) is 0.633. The van der Waals surface area contributed by atoms with Gasteiger partial charge in [0.1, 0.15) is 6.61 Å². The van der Waals surface area contributed by atoms with Gasteiger partial charge in [-0.15, -0.1) is 0 Å². The molecule has 0 spiro atoms. The number of rotatable bonds is 4. The Balaban J connectivity index is 2.11. The first-order valence-corrected chi connectivity index (χ1v) is 4.68. The summed E-state index contributed by atoms with van der Waals surface area (Å²) in [6.07, 6.45) is 0.944. The SMILES string of the molecule is COC(=O)CCOC(=O)C1CCNC1. The van der Waals surface area contributed by atoms with Crippen molar-refractivity contribution >= 4 is 11.9 Å². The summed E-state index contributed by atoms with van der Waals surface area (Å²) >= 11 is 0. The molecule has 0 aliphatic carbocycles. The smallest absolute Gasteiger partial charge is 0.310 e. The van der Waals surface area contributed by atoms with E-state index in [9.17, 15) is 9.59 Å².